The molecule has 2 saturated heterocycles. The van der Waals surface area contributed by atoms with Gasteiger partial charge in [-0.1, -0.05) is 29.4 Å². The number of carbonyl (C=O) groups is 3. The Bertz CT molecular complexity index is 986. The molecule has 2 bridgehead atoms. The van der Waals surface area contributed by atoms with Gasteiger partial charge >= 0.3 is 5.97 Å². The fourth-order valence-electron chi connectivity index (χ4n) is 5.16. The molecule has 3 heterocycles. The minimum atomic E-state index is -0.964. The van der Waals surface area contributed by atoms with Gasteiger partial charge in [0.05, 0.1) is 25.7 Å². The second kappa shape index (κ2) is 10.9. The van der Waals surface area contributed by atoms with Gasteiger partial charge in [0.25, 0.3) is 0 Å². The first kappa shape index (κ1) is 24.7. The Morgan fingerprint density at radius 1 is 1.17 bits per heavy atom. The van der Waals surface area contributed by atoms with Gasteiger partial charge in [-0.15, -0.1) is 0 Å². The Balaban J connectivity index is 1.34. The van der Waals surface area contributed by atoms with Crippen molar-refractivity contribution in [1.82, 2.24) is 10.2 Å². The van der Waals surface area contributed by atoms with Crippen LogP contribution >= 0.6 is 0 Å². The number of amidine groups is 1. The monoisotopic (exact) mass is 483 g/mol. The van der Waals surface area contributed by atoms with E-state index in [0.717, 1.165) is 31.2 Å². The second-order valence-corrected chi connectivity index (χ2v) is 9.70. The third kappa shape index (κ3) is 6.17. The van der Waals surface area contributed by atoms with Crippen molar-refractivity contribution in [1.29, 1.82) is 5.41 Å². The molecule has 0 aromatic heterocycles. The molecule has 10 heteroatoms. The van der Waals surface area contributed by atoms with Crippen LogP contribution in [0, 0.1) is 17.2 Å². The minimum Gasteiger partial charge on any atom is -0.469 e. The number of amides is 2. The van der Waals surface area contributed by atoms with Crippen LogP contribution in [0.1, 0.15) is 56.1 Å². The van der Waals surface area contributed by atoms with Gasteiger partial charge in [0.2, 0.25) is 11.8 Å². The first-order chi connectivity index (χ1) is 16.8. The highest BCUT2D eigenvalue weighted by Crippen LogP contribution is 2.34. The third-order valence-corrected chi connectivity index (χ3v) is 7.14. The summed E-state index contributed by atoms with van der Waals surface area (Å²) >= 11 is 0. The van der Waals surface area contributed by atoms with Crippen molar-refractivity contribution in [2.45, 2.75) is 57.1 Å². The molecule has 1 aromatic carbocycles. The van der Waals surface area contributed by atoms with Crippen LogP contribution in [-0.2, 0) is 24.0 Å². The molecule has 3 fully saturated rings. The van der Waals surface area contributed by atoms with Gasteiger partial charge in [0.15, 0.2) is 0 Å². The molecule has 1 aromatic rings. The number of methoxy groups -OCH3 is 1. The van der Waals surface area contributed by atoms with Crippen molar-refractivity contribution < 1.29 is 24.0 Å². The summed E-state index contributed by atoms with van der Waals surface area (Å²) in [5, 5.41) is 14.3. The van der Waals surface area contributed by atoms with E-state index in [-0.39, 0.29) is 30.5 Å². The first-order valence-electron chi connectivity index (χ1n) is 12.1. The van der Waals surface area contributed by atoms with E-state index in [1.165, 1.54) is 7.11 Å². The number of nitrogens with two attached hydrogens (primary N) is 1. The molecule has 2 amide bonds. The maximum absolute atomic E-state index is 13.3. The molecular formula is C25H33N5O5. The maximum Gasteiger partial charge on any atom is 0.308 e. The quantitative estimate of drug-likeness (QED) is 0.290. The number of rotatable bonds is 8. The molecule has 4 N–H and O–H groups in total. The Kier molecular flexibility index (Phi) is 7.67. The Morgan fingerprint density at radius 3 is 2.37 bits per heavy atom. The lowest BCUT2D eigenvalue weighted by molar-refractivity contribution is -0.146. The van der Waals surface area contributed by atoms with Crippen molar-refractivity contribution in [3.8, 4) is 0 Å². The zero-order valence-electron chi connectivity index (χ0n) is 20.0. The van der Waals surface area contributed by atoms with Crippen LogP contribution in [0.4, 0.5) is 0 Å². The SMILES string of the molecule is COC(=O)C[C@H](NC(=O)CC1CC(c2ccc(C(=N)N)cc2)=NO1)C(=O)N1CC2CCC(CC2)C1. The van der Waals surface area contributed by atoms with Gasteiger partial charge < -0.3 is 25.5 Å². The zero-order chi connectivity index (χ0) is 24.9. The summed E-state index contributed by atoms with van der Waals surface area (Å²) in [5.74, 6) is -0.188. The number of nitrogen functional groups attached to an aromatic ring is 1. The van der Waals surface area contributed by atoms with E-state index in [2.05, 4.69) is 10.5 Å². The van der Waals surface area contributed by atoms with E-state index < -0.39 is 18.1 Å². The molecule has 0 spiro atoms. The number of fused-ring (bicyclic) bond motifs is 4. The molecule has 4 aliphatic rings. The average molecular weight is 484 g/mol. The van der Waals surface area contributed by atoms with Crippen LogP contribution in [0.5, 0.6) is 0 Å². The molecule has 3 aliphatic heterocycles. The molecule has 1 unspecified atom stereocenters. The molecule has 1 saturated carbocycles. The van der Waals surface area contributed by atoms with Crippen LogP contribution in [0.15, 0.2) is 29.4 Å². The van der Waals surface area contributed by atoms with Gasteiger partial charge in [0.1, 0.15) is 18.0 Å². The van der Waals surface area contributed by atoms with Gasteiger partial charge in [-0.25, -0.2) is 0 Å². The van der Waals surface area contributed by atoms with E-state index >= 15 is 0 Å². The van der Waals surface area contributed by atoms with Crippen molar-refractivity contribution in [3.63, 3.8) is 0 Å². The maximum atomic E-state index is 13.3. The lowest BCUT2D eigenvalue weighted by Gasteiger charge is -2.28. The van der Waals surface area contributed by atoms with Crippen LogP contribution in [-0.4, -0.2) is 66.6 Å². The predicted octanol–water partition coefficient (Wildman–Crippen LogP) is 1.55. The molecule has 0 radical (unpaired) electrons. The van der Waals surface area contributed by atoms with E-state index in [1.807, 2.05) is 4.90 Å². The summed E-state index contributed by atoms with van der Waals surface area (Å²) in [4.78, 5) is 45.4. The molecule has 5 rings (SSSR count). The predicted molar refractivity (Wildman–Crippen MR) is 129 cm³/mol. The molecular weight excluding hydrogens is 450 g/mol. The number of ether oxygens (including phenoxy) is 1. The Labute approximate surface area is 204 Å². The minimum absolute atomic E-state index is 0.00866. The lowest BCUT2D eigenvalue weighted by Crippen LogP contribution is -2.51. The highest BCUT2D eigenvalue weighted by molar-refractivity contribution is 6.03. The summed E-state index contributed by atoms with van der Waals surface area (Å²) in [6.45, 7) is 1.35. The van der Waals surface area contributed by atoms with Gasteiger partial charge in [-0.05, 0) is 43.1 Å². The van der Waals surface area contributed by atoms with Crippen molar-refractivity contribution in [3.05, 3.63) is 35.4 Å². The Hall–Kier alpha value is -3.43. The first-order valence-corrected chi connectivity index (χ1v) is 12.1. The topological polar surface area (TPSA) is 147 Å². The summed E-state index contributed by atoms with van der Waals surface area (Å²) < 4.78 is 4.77. The van der Waals surface area contributed by atoms with Crippen molar-refractivity contribution in [2.24, 2.45) is 22.7 Å². The molecule has 188 valence electrons. The standard InChI is InChI=1S/C25H33N5O5/c1-34-23(32)12-21(25(33)30-13-15-2-3-16(14-30)5-4-15)28-22(31)11-19-10-20(29-35-19)17-6-8-18(9-7-17)24(26)27/h6-9,15-16,19,21H,2-5,10-14H2,1H3,(H3,26,27)(H,28,31)/t15?,16?,19?,21-/m0/s1. The van der Waals surface area contributed by atoms with Gasteiger partial charge in [0, 0.05) is 25.1 Å². The van der Waals surface area contributed by atoms with E-state index in [9.17, 15) is 14.4 Å². The molecule has 1 aliphatic carbocycles. The number of hydrogen-bond donors (Lipinski definition) is 3. The van der Waals surface area contributed by atoms with Crippen molar-refractivity contribution in [2.75, 3.05) is 20.2 Å². The smallest absolute Gasteiger partial charge is 0.308 e. The molecule has 10 nitrogen and oxygen atoms in total. The summed E-state index contributed by atoms with van der Waals surface area (Å²) in [5.41, 5.74) is 7.63. The fraction of sp³-hybridized carbons (Fsp3) is 0.560. The van der Waals surface area contributed by atoms with Crippen molar-refractivity contribution >= 4 is 29.3 Å². The lowest BCUT2D eigenvalue weighted by atomic mass is 9.84. The summed E-state index contributed by atoms with van der Waals surface area (Å²) in [6, 6.07) is 6.12. The normalized spacial score (nSPS) is 24.1. The number of carbonyl (C=O) groups excluding carboxylic acids is 3. The van der Waals surface area contributed by atoms with Gasteiger partial charge in [-0.2, -0.15) is 0 Å². The highest BCUT2D eigenvalue weighted by atomic mass is 16.6. The number of hydrogen-bond acceptors (Lipinski definition) is 7. The zero-order valence-corrected chi connectivity index (χ0v) is 20.0. The number of benzene rings is 1. The van der Waals surface area contributed by atoms with E-state index in [4.69, 9.17) is 20.7 Å². The van der Waals surface area contributed by atoms with Crippen LogP contribution < -0.4 is 11.1 Å². The van der Waals surface area contributed by atoms with Crippen LogP contribution in [0.3, 0.4) is 0 Å². The number of nitrogens with zero attached hydrogens (tertiary/aromatic N) is 2. The number of esters is 1. The fourth-order valence-corrected chi connectivity index (χ4v) is 5.16. The summed E-state index contributed by atoms with van der Waals surface area (Å²) in [6.07, 6.45) is 4.26. The van der Waals surface area contributed by atoms with E-state index in [1.54, 1.807) is 24.3 Å². The van der Waals surface area contributed by atoms with E-state index in [0.29, 0.717) is 42.6 Å². The third-order valence-electron chi connectivity index (χ3n) is 7.14. The largest absolute Gasteiger partial charge is 0.469 e. The average Bonchev–Trinajstić information content (AvgIpc) is 3.10. The number of oxime groups is 1. The summed E-state index contributed by atoms with van der Waals surface area (Å²) in [7, 11) is 1.27. The highest BCUT2D eigenvalue weighted by Gasteiger charge is 2.36. The van der Waals surface area contributed by atoms with Gasteiger partial charge in [-0.3, -0.25) is 19.8 Å². The molecule has 2 atom stereocenters. The Morgan fingerprint density at radius 2 is 1.80 bits per heavy atom. The van der Waals surface area contributed by atoms with Crippen LogP contribution in [0.25, 0.3) is 0 Å². The second-order valence-electron chi connectivity index (χ2n) is 9.70. The number of nitrogens with one attached hydrogen (secondary N) is 2. The molecule has 35 heavy (non-hydrogen) atoms. The van der Waals surface area contributed by atoms with Crippen LogP contribution in [0.2, 0.25) is 0 Å².